The van der Waals surface area contributed by atoms with E-state index >= 15 is 0 Å². The first-order chi connectivity index (χ1) is 13.8. The SMILES string of the molecule is Fc1ccccc1-c1nc2ccn(Cc3ccc(OC(F)(F)F)c(Cl)c3)cc-2n1. The van der Waals surface area contributed by atoms with Crippen molar-refractivity contribution in [3.8, 4) is 28.5 Å². The van der Waals surface area contributed by atoms with Crippen LogP contribution in [0, 0.1) is 5.82 Å². The van der Waals surface area contributed by atoms with E-state index in [1.165, 1.54) is 24.3 Å². The van der Waals surface area contributed by atoms with E-state index < -0.39 is 17.9 Å². The summed E-state index contributed by atoms with van der Waals surface area (Å²) in [6.45, 7) is 0.337. The number of benzene rings is 2. The molecule has 2 aliphatic rings. The number of alkyl halides is 3. The minimum absolute atomic E-state index is 0.142. The van der Waals surface area contributed by atoms with Crippen molar-refractivity contribution in [2.45, 2.75) is 12.9 Å². The normalized spacial score (nSPS) is 11.8. The van der Waals surface area contributed by atoms with E-state index in [2.05, 4.69) is 14.7 Å². The smallest absolute Gasteiger partial charge is 0.404 e. The fraction of sp³-hybridized carbons (Fsp3) is 0.100. The Hall–Kier alpha value is -3.13. The second-order valence-corrected chi connectivity index (χ2v) is 6.63. The molecule has 2 aromatic rings. The van der Waals surface area contributed by atoms with Gasteiger partial charge in [0.25, 0.3) is 0 Å². The second kappa shape index (κ2) is 7.36. The largest absolute Gasteiger partial charge is 0.573 e. The number of nitrogens with zero attached hydrogens (tertiary/aromatic N) is 3. The van der Waals surface area contributed by atoms with Crippen LogP contribution in [0.25, 0.3) is 22.8 Å². The zero-order valence-corrected chi connectivity index (χ0v) is 15.4. The topological polar surface area (TPSA) is 39.9 Å². The van der Waals surface area contributed by atoms with Crippen LogP contribution in [-0.2, 0) is 6.54 Å². The van der Waals surface area contributed by atoms with Crippen molar-refractivity contribution in [3.63, 3.8) is 0 Å². The maximum Gasteiger partial charge on any atom is 0.573 e. The predicted octanol–water partition coefficient (Wildman–Crippen LogP) is 5.79. The number of halogens is 5. The summed E-state index contributed by atoms with van der Waals surface area (Å²) in [7, 11) is 0. The molecule has 0 saturated carbocycles. The maximum absolute atomic E-state index is 14.0. The number of aromatic nitrogens is 3. The molecule has 29 heavy (non-hydrogen) atoms. The molecule has 148 valence electrons. The van der Waals surface area contributed by atoms with Crippen molar-refractivity contribution in [1.29, 1.82) is 0 Å². The van der Waals surface area contributed by atoms with Gasteiger partial charge in [0, 0.05) is 18.9 Å². The molecule has 0 fully saturated rings. The summed E-state index contributed by atoms with van der Waals surface area (Å²) in [5.74, 6) is -0.584. The molecule has 0 N–H and O–H groups in total. The van der Waals surface area contributed by atoms with Gasteiger partial charge in [-0.15, -0.1) is 13.2 Å². The number of rotatable bonds is 4. The highest BCUT2D eigenvalue weighted by atomic mass is 35.5. The van der Waals surface area contributed by atoms with Crippen LogP contribution in [0.1, 0.15) is 5.56 Å². The summed E-state index contributed by atoms with van der Waals surface area (Å²) < 4.78 is 56.6. The Morgan fingerprint density at radius 1 is 1.00 bits per heavy atom. The molecular formula is C20H12ClF4N3O. The number of hydrogen-bond donors (Lipinski definition) is 0. The number of imidazole rings is 1. The van der Waals surface area contributed by atoms with Crippen molar-refractivity contribution in [2.24, 2.45) is 0 Å². The van der Waals surface area contributed by atoms with Gasteiger partial charge < -0.3 is 9.30 Å². The van der Waals surface area contributed by atoms with Crippen molar-refractivity contribution >= 4 is 11.6 Å². The van der Waals surface area contributed by atoms with Gasteiger partial charge in [-0.05, 0) is 35.9 Å². The van der Waals surface area contributed by atoms with Crippen LogP contribution in [0.2, 0.25) is 5.02 Å². The molecule has 0 spiro atoms. The lowest BCUT2D eigenvalue weighted by atomic mass is 10.2. The van der Waals surface area contributed by atoms with E-state index in [0.717, 1.165) is 0 Å². The Bertz CT molecular complexity index is 1140. The molecule has 4 nitrogen and oxygen atoms in total. The standard InChI is InChI=1S/C20H12ClF4N3O/c21-14-9-12(5-6-18(14)29-20(23,24)25)10-28-8-7-16-17(11-28)27-19(26-16)13-3-1-2-4-15(13)22/h1-9,11H,10H2. The quantitative estimate of drug-likeness (QED) is 0.392. The van der Waals surface area contributed by atoms with Crippen LogP contribution < -0.4 is 4.74 Å². The van der Waals surface area contributed by atoms with Crippen molar-refractivity contribution in [2.75, 3.05) is 0 Å². The molecule has 9 heteroatoms. The lowest BCUT2D eigenvalue weighted by molar-refractivity contribution is -0.274. The van der Waals surface area contributed by atoms with Gasteiger partial charge in [-0.3, -0.25) is 0 Å². The van der Waals surface area contributed by atoms with Gasteiger partial charge in [0.15, 0.2) is 5.82 Å². The summed E-state index contributed by atoms with van der Waals surface area (Å²) in [5.41, 5.74) is 2.14. The monoisotopic (exact) mass is 421 g/mol. The predicted molar refractivity (Wildman–Crippen MR) is 99.3 cm³/mol. The third-order valence-electron chi connectivity index (χ3n) is 4.13. The van der Waals surface area contributed by atoms with E-state index in [1.54, 1.807) is 41.2 Å². The van der Waals surface area contributed by atoms with Crippen molar-refractivity contribution in [1.82, 2.24) is 14.5 Å². The van der Waals surface area contributed by atoms with Gasteiger partial charge in [-0.25, -0.2) is 14.4 Å². The van der Waals surface area contributed by atoms with Crippen molar-refractivity contribution in [3.05, 3.63) is 77.3 Å². The van der Waals surface area contributed by atoms with Gasteiger partial charge in [0.1, 0.15) is 17.3 Å². The summed E-state index contributed by atoms with van der Waals surface area (Å²) in [4.78, 5) is 8.72. The van der Waals surface area contributed by atoms with Gasteiger partial charge >= 0.3 is 6.36 Å². The molecule has 0 unspecified atom stereocenters. The third-order valence-corrected chi connectivity index (χ3v) is 4.42. The number of pyridine rings is 1. The average Bonchev–Trinajstić information content (AvgIpc) is 3.06. The van der Waals surface area contributed by atoms with Gasteiger partial charge in [0.2, 0.25) is 0 Å². The summed E-state index contributed by atoms with van der Waals surface area (Å²) >= 11 is 5.89. The van der Waals surface area contributed by atoms with Crippen molar-refractivity contribution < 1.29 is 22.3 Å². The summed E-state index contributed by atoms with van der Waals surface area (Å²) in [6.07, 6.45) is -1.34. The molecule has 0 aromatic heterocycles. The lowest BCUT2D eigenvalue weighted by Gasteiger charge is -2.12. The summed E-state index contributed by atoms with van der Waals surface area (Å²) in [5, 5.41) is -0.142. The highest BCUT2D eigenvalue weighted by Gasteiger charge is 2.32. The van der Waals surface area contributed by atoms with E-state index in [0.29, 0.717) is 29.1 Å². The van der Waals surface area contributed by atoms with Crippen LogP contribution in [0.15, 0.2) is 60.9 Å². The van der Waals surface area contributed by atoms with Crippen LogP contribution >= 0.6 is 11.6 Å². The second-order valence-electron chi connectivity index (χ2n) is 6.23. The van der Waals surface area contributed by atoms with Crippen LogP contribution in [0.5, 0.6) is 5.75 Å². The van der Waals surface area contributed by atoms with Gasteiger partial charge in [0.05, 0.1) is 16.3 Å². The molecule has 2 aliphatic heterocycles. The zero-order valence-electron chi connectivity index (χ0n) is 14.6. The maximum atomic E-state index is 14.0. The molecule has 0 saturated heterocycles. The Balaban J connectivity index is 1.59. The lowest BCUT2D eigenvalue weighted by Crippen LogP contribution is -2.17. The van der Waals surface area contributed by atoms with E-state index in [4.69, 9.17) is 11.6 Å². The van der Waals surface area contributed by atoms with Gasteiger partial charge in [-0.1, -0.05) is 29.8 Å². The highest BCUT2D eigenvalue weighted by molar-refractivity contribution is 6.32. The molecular weight excluding hydrogens is 410 g/mol. The minimum Gasteiger partial charge on any atom is -0.404 e. The fourth-order valence-electron chi connectivity index (χ4n) is 2.87. The molecule has 0 radical (unpaired) electrons. The zero-order chi connectivity index (χ0) is 20.6. The average molecular weight is 422 g/mol. The van der Waals surface area contributed by atoms with Crippen LogP contribution in [0.3, 0.4) is 0 Å². The first-order valence-electron chi connectivity index (χ1n) is 8.41. The molecule has 0 bridgehead atoms. The third kappa shape index (κ3) is 4.32. The molecule has 4 rings (SSSR count). The van der Waals surface area contributed by atoms with Crippen LogP contribution in [0.4, 0.5) is 17.6 Å². The molecule has 0 aliphatic carbocycles. The molecule has 0 atom stereocenters. The van der Waals surface area contributed by atoms with E-state index in [1.807, 2.05) is 0 Å². The first kappa shape index (κ1) is 19.2. The highest BCUT2D eigenvalue weighted by Crippen LogP contribution is 2.31. The number of ether oxygens (including phenoxy) is 1. The molecule has 2 heterocycles. The number of fused-ring (bicyclic) bond motifs is 1. The Morgan fingerprint density at radius 3 is 2.48 bits per heavy atom. The van der Waals surface area contributed by atoms with E-state index in [9.17, 15) is 17.6 Å². The van der Waals surface area contributed by atoms with Gasteiger partial charge in [-0.2, -0.15) is 0 Å². The minimum atomic E-state index is -4.81. The van der Waals surface area contributed by atoms with E-state index in [-0.39, 0.29) is 10.8 Å². The first-order valence-corrected chi connectivity index (χ1v) is 8.79. The molecule has 0 amide bonds. The fourth-order valence-corrected chi connectivity index (χ4v) is 3.12. The number of hydrogen-bond acceptors (Lipinski definition) is 3. The Kier molecular flexibility index (Phi) is 4.87. The Morgan fingerprint density at radius 2 is 1.76 bits per heavy atom. The summed E-state index contributed by atoms with van der Waals surface area (Å²) in [6, 6.07) is 12.0. The Labute approximate surface area is 167 Å². The molecule has 2 aromatic carbocycles. The van der Waals surface area contributed by atoms with Crippen LogP contribution in [-0.4, -0.2) is 20.9 Å².